The van der Waals surface area contributed by atoms with Crippen molar-refractivity contribution in [3.8, 4) is 0 Å². The molecule has 0 aromatic heterocycles. The molecule has 1 heteroatoms. The Morgan fingerprint density at radius 2 is 1.71 bits per heavy atom. The monoisotopic (exact) mass is 238 g/mol. The molecule has 4 atom stereocenters. The number of quaternary nitrogens is 1. The van der Waals surface area contributed by atoms with Gasteiger partial charge in [-0.3, -0.25) is 0 Å². The Balaban J connectivity index is 1.79. The highest BCUT2D eigenvalue weighted by Gasteiger charge is 2.29. The molecule has 2 rings (SSSR count). The smallest absolute Gasteiger partial charge is 0.0799 e. The first-order chi connectivity index (χ1) is 8.17. The highest BCUT2D eigenvalue weighted by atomic mass is 15.1. The summed E-state index contributed by atoms with van der Waals surface area (Å²) >= 11 is 0. The predicted octanol–water partition coefficient (Wildman–Crippen LogP) is 2.76. The zero-order chi connectivity index (χ0) is 12.3. The van der Waals surface area contributed by atoms with Crippen LogP contribution in [0.3, 0.4) is 0 Å². The molecule has 0 amide bonds. The van der Waals surface area contributed by atoms with Crippen molar-refractivity contribution >= 4 is 0 Å². The normalized spacial score (nSPS) is 43.6. The van der Waals surface area contributed by atoms with Crippen LogP contribution in [0, 0.1) is 23.7 Å². The minimum atomic E-state index is 0.981. The largest absolute Gasteiger partial charge is 0.334 e. The van der Waals surface area contributed by atoms with Crippen LogP contribution in [0.1, 0.15) is 59.3 Å². The van der Waals surface area contributed by atoms with E-state index in [4.69, 9.17) is 0 Å². The molecular weight excluding hydrogens is 206 g/mol. The van der Waals surface area contributed by atoms with E-state index < -0.39 is 0 Å². The average Bonchev–Trinajstić information content (AvgIpc) is 2.28. The Morgan fingerprint density at radius 3 is 2.35 bits per heavy atom. The SMILES string of the molecule is CCC1CCC[NH+](CC2CC(C)CC(C)C2)C1. The van der Waals surface area contributed by atoms with Gasteiger partial charge in [0.2, 0.25) is 0 Å². The summed E-state index contributed by atoms with van der Waals surface area (Å²) in [5.74, 6) is 4.02. The molecule has 0 spiro atoms. The Morgan fingerprint density at radius 1 is 1.00 bits per heavy atom. The molecular formula is C16H32N+. The number of rotatable bonds is 3. The van der Waals surface area contributed by atoms with Gasteiger partial charge < -0.3 is 4.90 Å². The standard InChI is InChI=1S/C16H31N/c1-4-15-6-5-7-17(11-15)12-16-9-13(2)8-14(3)10-16/h13-16H,4-12H2,1-3H3/p+1. The molecule has 1 aliphatic heterocycles. The molecule has 2 aliphatic rings. The summed E-state index contributed by atoms with van der Waals surface area (Å²) in [6.07, 6.45) is 8.86. The molecule has 0 aromatic rings. The average molecular weight is 238 g/mol. The minimum absolute atomic E-state index is 0.981. The molecule has 1 N–H and O–H groups in total. The van der Waals surface area contributed by atoms with E-state index in [0.717, 1.165) is 23.7 Å². The third-order valence-corrected chi connectivity index (χ3v) is 5.15. The lowest BCUT2D eigenvalue weighted by Crippen LogP contribution is -3.14. The minimum Gasteiger partial charge on any atom is -0.334 e. The summed E-state index contributed by atoms with van der Waals surface area (Å²) in [5.41, 5.74) is 0. The van der Waals surface area contributed by atoms with E-state index >= 15 is 0 Å². The van der Waals surface area contributed by atoms with Crippen molar-refractivity contribution in [1.29, 1.82) is 0 Å². The number of nitrogens with one attached hydrogen (secondary N) is 1. The first kappa shape index (κ1) is 13.4. The summed E-state index contributed by atoms with van der Waals surface area (Å²) in [6, 6.07) is 0. The molecule has 0 bridgehead atoms. The zero-order valence-electron chi connectivity index (χ0n) is 12.2. The summed E-state index contributed by atoms with van der Waals surface area (Å²) in [5, 5.41) is 0. The summed E-state index contributed by atoms with van der Waals surface area (Å²) in [7, 11) is 0. The van der Waals surface area contributed by atoms with Gasteiger partial charge in [0.25, 0.3) is 0 Å². The van der Waals surface area contributed by atoms with Gasteiger partial charge in [0.05, 0.1) is 19.6 Å². The van der Waals surface area contributed by atoms with Crippen molar-refractivity contribution in [1.82, 2.24) is 0 Å². The molecule has 4 unspecified atom stereocenters. The molecule has 1 nitrogen and oxygen atoms in total. The van der Waals surface area contributed by atoms with Gasteiger partial charge >= 0.3 is 0 Å². The van der Waals surface area contributed by atoms with Crippen LogP contribution in [0.4, 0.5) is 0 Å². The van der Waals surface area contributed by atoms with Gasteiger partial charge in [-0.1, -0.05) is 20.8 Å². The van der Waals surface area contributed by atoms with Crippen molar-refractivity contribution in [3.63, 3.8) is 0 Å². The number of likely N-dealkylation sites (tertiary alicyclic amines) is 1. The van der Waals surface area contributed by atoms with Gasteiger partial charge in [0.15, 0.2) is 0 Å². The van der Waals surface area contributed by atoms with Crippen molar-refractivity contribution in [2.24, 2.45) is 23.7 Å². The molecule has 0 radical (unpaired) electrons. The summed E-state index contributed by atoms with van der Waals surface area (Å²) in [4.78, 5) is 1.93. The van der Waals surface area contributed by atoms with Crippen LogP contribution < -0.4 is 4.90 Å². The van der Waals surface area contributed by atoms with Crippen LogP contribution >= 0.6 is 0 Å². The molecule has 1 saturated carbocycles. The Bertz CT molecular complexity index is 216. The number of hydrogen-bond donors (Lipinski definition) is 1. The van der Waals surface area contributed by atoms with E-state index in [-0.39, 0.29) is 0 Å². The predicted molar refractivity (Wildman–Crippen MR) is 74.2 cm³/mol. The first-order valence-corrected chi connectivity index (χ1v) is 8.00. The van der Waals surface area contributed by atoms with Gasteiger partial charge in [-0.15, -0.1) is 0 Å². The summed E-state index contributed by atoms with van der Waals surface area (Å²) < 4.78 is 0. The fourth-order valence-electron chi connectivity index (χ4n) is 4.48. The van der Waals surface area contributed by atoms with Gasteiger partial charge in [0.1, 0.15) is 0 Å². The van der Waals surface area contributed by atoms with Crippen LogP contribution in [0.5, 0.6) is 0 Å². The molecule has 1 saturated heterocycles. The van der Waals surface area contributed by atoms with Crippen molar-refractivity contribution < 1.29 is 4.90 Å². The quantitative estimate of drug-likeness (QED) is 0.771. The highest BCUT2D eigenvalue weighted by molar-refractivity contribution is 4.74. The van der Waals surface area contributed by atoms with E-state index in [1.807, 2.05) is 4.90 Å². The second-order valence-corrected chi connectivity index (χ2v) is 7.11. The molecule has 0 aromatic carbocycles. The molecule has 17 heavy (non-hydrogen) atoms. The highest BCUT2D eigenvalue weighted by Crippen LogP contribution is 2.32. The van der Waals surface area contributed by atoms with Gasteiger partial charge in [-0.25, -0.2) is 0 Å². The van der Waals surface area contributed by atoms with Crippen LogP contribution in [-0.2, 0) is 0 Å². The maximum Gasteiger partial charge on any atom is 0.0799 e. The molecule has 100 valence electrons. The Kier molecular flexibility index (Phi) is 4.90. The third-order valence-electron chi connectivity index (χ3n) is 5.15. The maximum atomic E-state index is 2.46. The number of piperidine rings is 1. The van der Waals surface area contributed by atoms with E-state index in [2.05, 4.69) is 20.8 Å². The van der Waals surface area contributed by atoms with Crippen molar-refractivity contribution in [3.05, 3.63) is 0 Å². The fourth-order valence-corrected chi connectivity index (χ4v) is 4.48. The van der Waals surface area contributed by atoms with Crippen LogP contribution in [0.25, 0.3) is 0 Å². The Hall–Kier alpha value is -0.0400. The number of hydrogen-bond acceptors (Lipinski definition) is 0. The van der Waals surface area contributed by atoms with Crippen molar-refractivity contribution in [2.75, 3.05) is 19.6 Å². The van der Waals surface area contributed by atoms with Gasteiger partial charge in [-0.05, 0) is 50.4 Å². The van der Waals surface area contributed by atoms with E-state index in [1.54, 1.807) is 0 Å². The lowest BCUT2D eigenvalue weighted by atomic mass is 9.76. The maximum absolute atomic E-state index is 2.46. The van der Waals surface area contributed by atoms with Crippen LogP contribution in [0.15, 0.2) is 0 Å². The lowest BCUT2D eigenvalue weighted by Gasteiger charge is -2.36. The van der Waals surface area contributed by atoms with Crippen LogP contribution in [0.2, 0.25) is 0 Å². The van der Waals surface area contributed by atoms with Crippen molar-refractivity contribution in [2.45, 2.75) is 59.3 Å². The Labute approximate surface area is 108 Å². The van der Waals surface area contributed by atoms with Crippen LogP contribution in [-0.4, -0.2) is 19.6 Å². The topological polar surface area (TPSA) is 4.44 Å². The molecule has 2 fully saturated rings. The summed E-state index contributed by atoms with van der Waals surface area (Å²) in [6.45, 7) is 11.7. The molecule has 1 heterocycles. The molecule has 1 aliphatic carbocycles. The van der Waals surface area contributed by atoms with E-state index in [9.17, 15) is 0 Å². The second-order valence-electron chi connectivity index (χ2n) is 7.11. The third kappa shape index (κ3) is 3.98. The second kappa shape index (κ2) is 6.22. The first-order valence-electron chi connectivity index (χ1n) is 8.00. The van der Waals surface area contributed by atoms with Gasteiger partial charge in [-0.2, -0.15) is 0 Å². The van der Waals surface area contributed by atoms with E-state index in [1.165, 1.54) is 58.2 Å². The lowest BCUT2D eigenvalue weighted by molar-refractivity contribution is -0.912. The van der Waals surface area contributed by atoms with E-state index in [0.29, 0.717) is 0 Å². The fraction of sp³-hybridized carbons (Fsp3) is 1.00. The van der Waals surface area contributed by atoms with Gasteiger partial charge in [0, 0.05) is 11.8 Å². The zero-order valence-corrected chi connectivity index (χ0v) is 12.2.